The van der Waals surface area contributed by atoms with Crippen LogP contribution in [0, 0.1) is 12.7 Å². The Bertz CT molecular complexity index is 1140. The number of rotatable bonds is 6. The van der Waals surface area contributed by atoms with Gasteiger partial charge in [0.1, 0.15) is 18.2 Å². The minimum atomic E-state index is -0.354. The van der Waals surface area contributed by atoms with Crippen molar-refractivity contribution in [1.82, 2.24) is 0 Å². The second-order valence-electron chi connectivity index (χ2n) is 7.01. The molecule has 0 saturated carbocycles. The van der Waals surface area contributed by atoms with Gasteiger partial charge in [0.25, 0.3) is 0 Å². The van der Waals surface area contributed by atoms with E-state index >= 15 is 0 Å². The SMILES string of the molecule is Cc1ccc(NCc2c(OCc3ccc(F)cc3Cl)ccc3ccccc23)cc1. The number of hydrogen-bond acceptors (Lipinski definition) is 2. The third kappa shape index (κ3) is 4.52. The van der Waals surface area contributed by atoms with Gasteiger partial charge < -0.3 is 10.1 Å². The molecule has 0 aliphatic heterocycles. The molecule has 4 heteroatoms. The van der Waals surface area contributed by atoms with Crippen LogP contribution in [0.25, 0.3) is 10.8 Å². The van der Waals surface area contributed by atoms with Crippen molar-refractivity contribution in [3.63, 3.8) is 0 Å². The van der Waals surface area contributed by atoms with Gasteiger partial charge >= 0.3 is 0 Å². The van der Waals surface area contributed by atoms with Gasteiger partial charge in [-0.2, -0.15) is 0 Å². The first-order valence-electron chi connectivity index (χ1n) is 9.48. The summed E-state index contributed by atoms with van der Waals surface area (Å²) in [5, 5.41) is 6.14. The highest BCUT2D eigenvalue weighted by molar-refractivity contribution is 6.31. The third-order valence-corrected chi connectivity index (χ3v) is 5.27. The molecule has 4 rings (SSSR count). The fraction of sp³-hybridized carbons (Fsp3) is 0.120. The van der Waals surface area contributed by atoms with Crippen LogP contribution in [-0.4, -0.2) is 0 Å². The maximum atomic E-state index is 13.3. The largest absolute Gasteiger partial charge is 0.488 e. The van der Waals surface area contributed by atoms with Gasteiger partial charge in [-0.05, 0) is 48.0 Å². The quantitative estimate of drug-likeness (QED) is 0.368. The number of halogens is 2. The number of fused-ring (bicyclic) bond motifs is 1. The predicted molar refractivity (Wildman–Crippen MR) is 118 cm³/mol. The monoisotopic (exact) mass is 405 g/mol. The second kappa shape index (κ2) is 8.54. The van der Waals surface area contributed by atoms with Crippen LogP contribution in [0.4, 0.5) is 10.1 Å². The van der Waals surface area contributed by atoms with Crippen molar-refractivity contribution in [3.05, 3.63) is 106 Å². The van der Waals surface area contributed by atoms with Crippen molar-refractivity contribution >= 4 is 28.1 Å². The van der Waals surface area contributed by atoms with Crippen LogP contribution in [0.1, 0.15) is 16.7 Å². The average molecular weight is 406 g/mol. The lowest BCUT2D eigenvalue weighted by Crippen LogP contribution is -2.05. The fourth-order valence-electron chi connectivity index (χ4n) is 3.29. The first-order chi connectivity index (χ1) is 14.1. The molecule has 0 aliphatic carbocycles. The van der Waals surface area contributed by atoms with Crippen molar-refractivity contribution in [2.75, 3.05) is 5.32 Å². The molecule has 4 aromatic carbocycles. The standard InChI is InChI=1S/C25H21ClFNO/c1-17-6-11-21(12-7-17)28-15-23-22-5-3-2-4-18(22)9-13-25(23)29-16-19-8-10-20(27)14-24(19)26/h2-14,28H,15-16H2,1H3. The molecular weight excluding hydrogens is 385 g/mol. The molecule has 0 aromatic heterocycles. The van der Waals surface area contributed by atoms with E-state index in [2.05, 4.69) is 48.6 Å². The summed E-state index contributed by atoms with van der Waals surface area (Å²) in [4.78, 5) is 0. The van der Waals surface area contributed by atoms with E-state index in [0.29, 0.717) is 11.6 Å². The number of anilines is 1. The van der Waals surface area contributed by atoms with E-state index in [9.17, 15) is 4.39 Å². The number of hydrogen-bond donors (Lipinski definition) is 1. The molecule has 0 heterocycles. The van der Waals surface area contributed by atoms with Crippen LogP contribution >= 0.6 is 11.6 Å². The van der Waals surface area contributed by atoms with E-state index in [4.69, 9.17) is 16.3 Å². The number of nitrogens with one attached hydrogen (secondary N) is 1. The minimum absolute atomic E-state index is 0.273. The van der Waals surface area contributed by atoms with Crippen LogP contribution in [0.3, 0.4) is 0 Å². The summed E-state index contributed by atoms with van der Waals surface area (Å²) in [5.41, 5.74) is 4.09. The van der Waals surface area contributed by atoms with Gasteiger partial charge in [0.15, 0.2) is 0 Å². The van der Waals surface area contributed by atoms with E-state index in [1.54, 1.807) is 6.07 Å². The molecule has 2 nitrogen and oxygen atoms in total. The summed E-state index contributed by atoms with van der Waals surface area (Å²) in [6.07, 6.45) is 0. The summed E-state index contributed by atoms with van der Waals surface area (Å²) < 4.78 is 19.4. The lowest BCUT2D eigenvalue weighted by molar-refractivity contribution is 0.304. The Balaban J connectivity index is 1.62. The molecule has 1 N–H and O–H groups in total. The van der Waals surface area contributed by atoms with Crippen LogP contribution < -0.4 is 10.1 Å². The molecule has 0 amide bonds. The Morgan fingerprint density at radius 3 is 2.52 bits per heavy atom. The molecule has 0 atom stereocenters. The fourth-order valence-corrected chi connectivity index (χ4v) is 3.51. The van der Waals surface area contributed by atoms with Crippen LogP contribution in [0.15, 0.2) is 78.9 Å². The highest BCUT2D eigenvalue weighted by Crippen LogP contribution is 2.30. The Morgan fingerprint density at radius 1 is 0.931 bits per heavy atom. The first-order valence-corrected chi connectivity index (χ1v) is 9.86. The van der Waals surface area contributed by atoms with Gasteiger partial charge in [0.2, 0.25) is 0 Å². The van der Waals surface area contributed by atoms with Crippen molar-refractivity contribution < 1.29 is 9.13 Å². The van der Waals surface area contributed by atoms with Gasteiger partial charge in [0, 0.05) is 23.4 Å². The minimum Gasteiger partial charge on any atom is -0.488 e. The van der Waals surface area contributed by atoms with Crippen molar-refractivity contribution in [3.8, 4) is 5.75 Å². The van der Waals surface area contributed by atoms with Crippen LogP contribution in [0.2, 0.25) is 5.02 Å². The molecule has 0 spiro atoms. The molecule has 4 aromatic rings. The molecule has 0 fully saturated rings. The topological polar surface area (TPSA) is 21.3 Å². The Labute approximate surface area is 174 Å². The molecule has 0 saturated heterocycles. The number of ether oxygens (including phenoxy) is 1. The van der Waals surface area contributed by atoms with E-state index in [1.165, 1.54) is 17.7 Å². The summed E-state index contributed by atoms with van der Waals surface area (Å²) in [5.74, 6) is 0.427. The van der Waals surface area contributed by atoms with Gasteiger partial charge in [-0.1, -0.05) is 65.7 Å². The third-order valence-electron chi connectivity index (χ3n) is 4.92. The van der Waals surface area contributed by atoms with Gasteiger partial charge in [-0.25, -0.2) is 4.39 Å². The lowest BCUT2D eigenvalue weighted by Gasteiger charge is -2.16. The van der Waals surface area contributed by atoms with E-state index in [0.717, 1.165) is 33.3 Å². The van der Waals surface area contributed by atoms with Crippen LogP contribution in [-0.2, 0) is 13.2 Å². The predicted octanol–water partition coefficient (Wildman–Crippen LogP) is 7.13. The molecule has 0 aliphatic rings. The Kier molecular flexibility index (Phi) is 5.68. The molecular formula is C25H21ClFNO. The highest BCUT2D eigenvalue weighted by atomic mass is 35.5. The number of benzene rings is 4. The van der Waals surface area contributed by atoms with Gasteiger partial charge in [0.05, 0.1) is 5.02 Å². The summed E-state index contributed by atoms with van der Waals surface area (Å²) in [6.45, 7) is 2.97. The molecule has 146 valence electrons. The van der Waals surface area contributed by atoms with E-state index in [1.807, 2.05) is 24.3 Å². The zero-order chi connectivity index (χ0) is 20.2. The van der Waals surface area contributed by atoms with Crippen molar-refractivity contribution in [2.45, 2.75) is 20.1 Å². The zero-order valence-electron chi connectivity index (χ0n) is 16.1. The lowest BCUT2D eigenvalue weighted by atomic mass is 10.0. The summed E-state index contributed by atoms with van der Waals surface area (Å²) in [6, 6.07) is 24.9. The number of aryl methyl sites for hydroxylation is 1. The smallest absolute Gasteiger partial charge is 0.125 e. The highest BCUT2D eigenvalue weighted by Gasteiger charge is 2.11. The maximum Gasteiger partial charge on any atom is 0.125 e. The molecule has 0 radical (unpaired) electrons. The maximum absolute atomic E-state index is 13.3. The molecule has 29 heavy (non-hydrogen) atoms. The van der Waals surface area contributed by atoms with Crippen molar-refractivity contribution in [1.29, 1.82) is 0 Å². The van der Waals surface area contributed by atoms with Gasteiger partial charge in [-0.15, -0.1) is 0 Å². The van der Waals surface area contributed by atoms with Crippen LogP contribution in [0.5, 0.6) is 5.75 Å². The normalized spacial score (nSPS) is 10.9. The second-order valence-corrected chi connectivity index (χ2v) is 7.41. The zero-order valence-corrected chi connectivity index (χ0v) is 16.8. The first kappa shape index (κ1) is 19.3. The average Bonchev–Trinajstić information content (AvgIpc) is 2.73. The summed E-state index contributed by atoms with van der Waals surface area (Å²) >= 11 is 6.15. The molecule has 0 unspecified atom stereocenters. The molecule has 0 bridgehead atoms. The van der Waals surface area contributed by atoms with E-state index in [-0.39, 0.29) is 12.4 Å². The van der Waals surface area contributed by atoms with Crippen molar-refractivity contribution in [2.24, 2.45) is 0 Å². The Hall–Kier alpha value is -3.04. The van der Waals surface area contributed by atoms with E-state index < -0.39 is 0 Å². The van der Waals surface area contributed by atoms with Gasteiger partial charge in [-0.3, -0.25) is 0 Å². The summed E-state index contributed by atoms with van der Waals surface area (Å²) in [7, 11) is 0. The Morgan fingerprint density at radius 2 is 1.72 bits per heavy atom.